The summed E-state index contributed by atoms with van der Waals surface area (Å²) >= 11 is 5.86. The lowest BCUT2D eigenvalue weighted by atomic mass is 10.2. The highest BCUT2D eigenvalue weighted by atomic mass is 35.5. The first-order valence-electron chi connectivity index (χ1n) is 8.45. The van der Waals surface area contributed by atoms with Crippen molar-refractivity contribution in [2.24, 2.45) is 0 Å². The van der Waals surface area contributed by atoms with Crippen LogP contribution in [0.5, 0.6) is 0 Å². The monoisotopic (exact) mass is 372 g/mol. The van der Waals surface area contributed by atoms with Gasteiger partial charge in [-0.25, -0.2) is 4.79 Å². The van der Waals surface area contributed by atoms with Gasteiger partial charge in [-0.1, -0.05) is 17.7 Å². The van der Waals surface area contributed by atoms with Crippen molar-refractivity contribution in [2.45, 2.75) is 6.92 Å². The number of amides is 3. The predicted molar refractivity (Wildman–Crippen MR) is 105 cm³/mol. The quantitative estimate of drug-likeness (QED) is 0.864. The topological polar surface area (TPSA) is 64.7 Å². The molecular formula is C19H21ClN4O2. The summed E-state index contributed by atoms with van der Waals surface area (Å²) in [6.45, 7) is 4.22. The van der Waals surface area contributed by atoms with E-state index in [1.54, 1.807) is 29.2 Å². The highest BCUT2D eigenvalue weighted by Crippen LogP contribution is 2.21. The summed E-state index contributed by atoms with van der Waals surface area (Å²) in [6.07, 6.45) is 0. The molecule has 6 nitrogen and oxygen atoms in total. The summed E-state index contributed by atoms with van der Waals surface area (Å²) in [6, 6.07) is 14.7. The van der Waals surface area contributed by atoms with E-state index in [0.717, 1.165) is 30.2 Å². The number of nitrogens with zero attached hydrogens (tertiary/aromatic N) is 2. The fourth-order valence-electron chi connectivity index (χ4n) is 2.89. The van der Waals surface area contributed by atoms with E-state index in [0.29, 0.717) is 18.1 Å². The number of rotatable bonds is 3. The van der Waals surface area contributed by atoms with E-state index >= 15 is 0 Å². The molecule has 1 saturated heterocycles. The van der Waals surface area contributed by atoms with Crippen molar-refractivity contribution in [1.82, 2.24) is 4.90 Å². The first-order valence-corrected chi connectivity index (χ1v) is 8.83. The van der Waals surface area contributed by atoms with E-state index in [4.69, 9.17) is 11.6 Å². The SMILES string of the molecule is CC(=O)Nc1cccc(N2CCN(C(=O)Nc3ccc(Cl)cc3)CC2)c1. The molecule has 1 heterocycles. The van der Waals surface area contributed by atoms with Crippen LogP contribution in [-0.4, -0.2) is 43.0 Å². The minimum Gasteiger partial charge on any atom is -0.368 e. The van der Waals surface area contributed by atoms with Crippen molar-refractivity contribution in [3.63, 3.8) is 0 Å². The minimum atomic E-state index is -0.112. The lowest BCUT2D eigenvalue weighted by molar-refractivity contribution is -0.114. The second-order valence-corrected chi connectivity index (χ2v) is 6.58. The molecule has 1 fully saturated rings. The number of carbonyl (C=O) groups is 2. The number of hydrogen-bond donors (Lipinski definition) is 2. The Balaban J connectivity index is 1.56. The summed E-state index contributed by atoms with van der Waals surface area (Å²) in [5, 5.41) is 6.32. The Morgan fingerprint density at radius 1 is 0.923 bits per heavy atom. The van der Waals surface area contributed by atoms with E-state index in [2.05, 4.69) is 15.5 Å². The first-order chi connectivity index (χ1) is 12.5. The van der Waals surface area contributed by atoms with Crippen molar-refractivity contribution in [1.29, 1.82) is 0 Å². The van der Waals surface area contributed by atoms with Crippen LogP contribution < -0.4 is 15.5 Å². The molecule has 0 aromatic heterocycles. The van der Waals surface area contributed by atoms with Gasteiger partial charge in [0.05, 0.1) is 0 Å². The molecule has 0 radical (unpaired) electrons. The number of piperazine rings is 1. The van der Waals surface area contributed by atoms with Crippen LogP contribution in [0.25, 0.3) is 0 Å². The Kier molecular flexibility index (Phi) is 5.63. The number of halogens is 1. The third-order valence-corrected chi connectivity index (χ3v) is 4.45. The molecule has 136 valence electrons. The van der Waals surface area contributed by atoms with E-state index in [9.17, 15) is 9.59 Å². The lowest BCUT2D eigenvalue weighted by Crippen LogP contribution is -2.50. The minimum absolute atomic E-state index is 0.0918. The van der Waals surface area contributed by atoms with Gasteiger partial charge in [0, 0.05) is 55.2 Å². The van der Waals surface area contributed by atoms with Gasteiger partial charge in [-0.05, 0) is 42.5 Å². The zero-order valence-electron chi connectivity index (χ0n) is 14.5. The molecule has 0 unspecified atom stereocenters. The van der Waals surface area contributed by atoms with Crippen LogP contribution in [0.2, 0.25) is 5.02 Å². The maximum absolute atomic E-state index is 12.4. The zero-order chi connectivity index (χ0) is 18.5. The summed E-state index contributed by atoms with van der Waals surface area (Å²) in [7, 11) is 0. The highest BCUT2D eigenvalue weighted by molar-refractivity contribution is 6.30. The summed E-state index contributed by atoms with van der Waals surface area (Å²) in [5.41, 5.74) is 2.54. The maximum atomic E-state index is 12.4. The first kappa shape index (κ1) is 18.1. The van der Waals surface area contributed by atoms with Gasteiger partial charge < -0.3 is 20.4 Å². The van der Waals surface area contributed by atoms with E-state index < -0.39 is 0 Å². The molecule has 3 amide bonds. The van der Waals surface area contributed by atoms with Crippen LogP contribution >= 0.6 is 11.6 Å². The maximum Gasteiger partial charge on any atom is 0.321 e. The molecule has 2 aromatic rings. The molecule has 1 aliphatic rings. The van der Waals surface area contributed by atoms with Crippen LogP contribution in [0, 0.1) is 0 Å². The van der Waals surface area contributed by atoms with Crippen molar-refractivity contribution >= 4 is 40.6 Å². The zero-order valence-corrected chi connectivity index (χ0v) is 15.3. The molecule has 0 saturated carbocycles. The van der Waals surface area contributed by atoms with Crippen LogP contribution in [0.4, 0.5) is 21.9 Å². The Bertz CT molecular complexity index is 786. The van der Waals surface area contributed by atoms with Crippen LogP contribution in [0.1, 0.15) is 6.92 Å². The number of anilines is 3. The molecular weight excluding hydrogens is 352 g/mol. The number of carbonyl (C=O) groups excluding carboxylic acids is 2. The lowest BCUT2D eigenvalue weighted by Gasteiger charge is -2.36. The van der Waals surface area contributed by atoms with E-state index in [-0.39, 0.29) is 11.9 Å². The number of benzene rings is 2. The standard InChI is InChI=1S/C19H21ClN4O2/c1-14(25)21-17-3-2-4-18(13-17)23-9-11-24(12-10-23)19(26)22-16-7-5-15(20)6-8-16/h2-8,13H,9-12H2,1H3,(H,21,25)(H,22,26). The molecule has 2 aromatic carbocycles. The van der Waals surface area contributed by atoms with Crippen molar-refractivity contribution in [3.05, 3.63) is 53.6 Å². The summed E-state index contributed by atoms with van der Waals surface area (Å²) < 4.78 is 0. The fraction of sp³-hybridized carbons (Fsp3) is 0.263. The predicted octanol–water partition coefficient (Wildman–Crippen LogP) is 3.65. The van der Waals surface area contributed by atoms with Crippen LogP contribution in [0.3, 0.4) is 0 Å². The van der Waals surface area contributed by atoms with Gasteiger partial charge in [0.15, 0.2) is 0 Å². The number of hydrogen-bond acceptors (Lipinski definition) is 3. The third-order valence-electron chi connectivity index (χ3n) is 4.19. The third kappa shape index (κ3) is 4.67. The molecule has 26 heavy (non-hydrogen) atoms. The van der Waals surface area contributed by atoms with E-state index in [1.165, 1.54) is 6.92 Å². The normalized spacial score (nSPS) is 14.1. The Morgan fingerprint density at radius 3 is 2.27 bits per heavy atom. The molecule has 0 atom stereocenters. The van der Waals surface area contributed by atoms with Crippen LogP contribution in [0.15, 0.2) is 48.5 Å². The van der Waals surface area contributed by atoms with Gasteiger partial charge in [0.1, 0.15) is 0 Å². The molecule has 1 aliphatic heterocycles. The van der Waals surface area contributed by atoms with Gasteiger partial charge >= 0.3 is 6.03 Å². The smallest absolute Gasteiger partial charge is 0.321 e. The molecule has 0 aliphatic carbocycles. The van der Waals surface area contributed by atoms with Gasteiger partial charge in [-0.3, -0.25) is 4.79 Å². The largest absolute Gasteiger partial charge is 0.368 e. The highest BCUT2D eigenvalue weighted by Gasteiger charge is 2.21. The molecule has 0 bridgehead atoms. The second-order valence-electron chi connectivity index (χ2n) is 6.14. The average Bonchev–Trinajstić information content (AvgIpc) is 2.63. The van der Waals surface area contributed by atoms with E-state index in [1.807, 2.05) is 24.3 Å². The number of nitrogens with one attached hydrogen (secondary N) is 2. The molecule has 2 N–H and O–H groups in total. The van der Waals surface area contributed by atoms with Crippen molar-refractivity contribution < 1.29 is 9.59 Å². The van der Waals surface area contributed by atoms with Gasteiger partial charge in [-0.15, -0.1) is 0 Å². The van der Waals surface area contributed by atoms with Gasteiger partial charge in [0.2, 0.25) is 5.91 Å². The van der Waals surface area contributed by atoms with Crippen LogP contribution in [-0.2, 0) is 4.79 Å². The summed E-state index contributed by atoms with van der Waals surface area (Å²) in [4.78, 5) is 27.6. The van der Waals surface area contributed by atoms with Crippen molar-refractivity contribution in [3.8, 4) is 0 Å². The van der Waals surface area contributed by atoms with Gasteiger partial charge in [-0.2, -0.15) is 0 Å². The van der Waals surface area contributed by atoms with Crippen molar-refractivity contribution in [2.75, 3.05) is 41.7 Å². The average molecular weight is 373 g/mol. The second kappa shape index (κ2) is 8.10. The Hall–Kier alpha value is -2.73. The number of urea groups is 1. The fourth-order valence-corrected chi connectivity index (χ4v) is 3.01. The molecule has 3 rings (SSSR count). The Morgan fingerprint density at radius 2 is 1.62 bits per heavy atom. The van der Waals surface area contributed by atoms with Gasteiger partial charge in [0.25, 0.3) is 0 Å². The summed E-state index contributed by atoms with van der Waals surface area (Å²) in [5.74, 6) is -0.0918. The Labute approximate surface area is 157 Å². The molecule has 7 heteroatoms. The molecule has 0 spiro atoms.